The van der Waals surface area contributed by atoms with E-state index in [4.69, 9.17) is 18.0 Å². The van der Waals surface area contributed by atoms with E-state index < -0.39 is 0 Å². The van der Waals surface area contributed by atoms with E-state index in [1.54, 1.807) is 0 Å². The largest absolute Gasteiger partial charge is 0.393 e. The maximum absolute atomic E-state index is 5.80. The number of hydrogen-bond acceptors (Lipinski definition) is 3. The first-order valence-corrected chi connectivity index (χ1v) is 6.41. The van der Waals surface area contributed by atoms with E-state index >= 15 is 0 Å². The summed E-state index contributed by atoms with van der Waals surface area (Å²) in [6.45, 7) is 5.19. The Morgan fingerprint density at radius 3 is 2.65 bits per heavy atom. The van der Waals surface area contributed by atoms with Crippen molar-refractivity contribution in [1.82, 2.24) is 14.7 Å². The van der Waals surface area contributed by atoms with Crippen LogP contribution < -0.4 is 5.73 Å². The molecule has 17 heavy (non-hydrogen) atoms. The van der Waals surface area contributed by atoms with Crippen LogP contribution >= 0.6 is 12.2 Å². The number of nitrogens with zero attached hydrogens (tertiary/aromatic N) is 3. The molecule has 4 nitrogen and oxygen atoms in total. The molecule has 5 heteroatoms. The summed E-state index contributed by atoms with van der Waals surface area (Å²) in [6, 6.07) is 2.07. The summed E-state index contributed by atoms with van der Waals surface area (Å²) in [5.74, 6) is 0. The quantitative estimate of drug-likeness (QED) is 0.824. The average molecular weight is 252 g/mol. The number of thiocarbonyl (C=S) groups is 1. The second-order valence-corrected chi connectivity index (χ2v) is 5.62. The Morgan fingerprint density at radius 2 is 2.18 bits per heavy atom. The van der Waals surface area contributed by atoms with Crippen LogP contribution in [0.25, 0.3) is 0 Å². The van der Waals surface area contributed by atoms with Gasteiger partial charge in [0.1, 0.15) is 0 Å². The predicted molar refractivity (Wildman–Crippen MR) is 72.6 cm³/mol. The molecule has 1 aliphatic rings. The van der Waals surface area contributed by atoms with Gasteiger partial charge in [0.2, 0.25) is 0 Å². The molecule has 1 aromatic rings. The molecule has 2 N–H and O–H groups in total. The number of nitrogens with two attached hydrogens (primary N) is 1. The Bertz CT molecular complexity index is 404. The number of hydrogen-bond donors (Lipinski definition) is 1. The van der Waals surface area contributed by atoms with Gasteiger partial charge in [-0.05, 0) is 32.0 Å². The summed E-state index contributed by atoms with van der Waals surface area (Å²) < 4.78 is 1.85. The molecule has 0 atom stereocenters. The summed E-state index contributed by atoms with van der Waals surface area (Å²) in [7, 11) is 1.95. The summed E-state index contributed by atoms with van der Waals surface area (Å²) in [5, 5.41) is 4.40. The standard InChI is InChI=1S/C12H20N4S/c1-12(11(13)17)4-7-16(8-5-12)9-10-3-6-15(2)14-10/h3,6H,4-5,7-9H2,1-2H3,(H2,13,17). The van der Waals surface area contributed by atoms with Crippen LogP contribution in [0, 0.1) is 5.41 Å². The van der Waals surface area contributed by atoms with E-state index in [1.165, 1.54) is 0 Å². The van der Waals surface area contributed by atoms with Gasteiger partial charge in [0, 0.05) is 25.2 Å². The number of aryl methyl sites for hydroxylation is 1. The Balaban J connectivity index is 1.89. The summed E-state index contributed by atoms with van der Waals surface area (Å²) in [4.78, 5) is 3.08. The van der Waals surface area contributed by atoms with E-state index in [2.05, 4.69) is 23.0 Å². The number of aromatic nitrogens is 2. The minimum absolute atomic E-state index is 0.0515. The second kappa shape index (κ2) is 4.74. The Morgan fingerprint density at radius 1 is 1.53 bits per heavy atom. The smallest absolute Gasteiger partial charge is 0.0788 e. The third-order valence-corrected chi connectivity index (χ3v) is 4.20. The first kappa shape index (κ1) is 12.5. The van der Waals surface area contributed by atoms with Crippen molar-refractivity contribution in [1.29, 1.82) is 0 Å². The van der Waals surface area contributed by atoms with Crippen LogP contribution in [-0.4, -0.2) is 32.8 Å². The van der Waals surface area contributed by atoms with Crippen LogP contribution in [0.15, 0.2) is 12.3 Å². The van der Waals surface area contributed by atoms with Gasteiger partial charge in [0.05, 0.1) is 10.7 Å². The van der Waals surface area contributed by atoms with E-state index in [1.807, 2.05) is 17.9 Å². The number of rotatable bonds is 3. The van der Waals surface area contributed by atoms with Gasteiger partial charge in [0.25, 0.3) is 0 Å². The molecule has 0 spiro atoms. The molecule has 0 saturated carbocycles. The zero-order valence-corrected chi connectivity index (χ0v) is 11.3. The van der Waals surface area contributed by atoms with Gasteiger partial charge in [-0.3, -0.25) is 9.58 Å². The van der Waals surface area contributed by atoms with Crippen molar-refractivity contribution >= 4 is 17.2 Å². The summed E-state index contributed by atoms with van der Waals surface area (Å²) in [5.41, 5.74) is 6.98. The second-order valence-electron chi connectivity index (χ2n) is 5.18. The lowest BCUT2D eigenvalue weighted by Gasteiger charge is -2.38. The van der Waals surface area contributed by atoms with Crippen molar-refractivity contribution in [2.75, 3.05) is 13.1 Å². The van der Waals surface area contributed by atoms with Gasteiger partial charge < -0.3 is 5.73 Å². The first-order valence-electron chi connectivity index (χ1n) is 6.00. The molecule has 0 bridgehead atoms. The topological polar surface area (TPSA) is 47.1 Å². The van der Waals surface area contributed by atoms with Gasteiger partial charge in [-0.15, -0.1) is 0 Å². The fourth-order valence-electron chi connectivity index (χ4n) is 2.23. The monoisotopic (exact) mass is 252 g/mol. The maximum atomic E-state index is 5.80. The van der Waals surface area contributed by atoms with Gasteiger partial charge in [-0.25, -0.2) is 0 Å². The van der Waals surface area contributed by atoms with Crippen molar-refractivity contribution in [3.8, 4) is 0 Å². The molecule has 1 aliphatic heterocycles. The van der Waals surface area contributed by atoms with Crippen LogP contribution in [0.4, 0.5) is 0 Å². The van der Waals surface area contributed by atoms with Crippen molar-refractivity contribution in [2.45, 2.75) is 26.3 Å². The fraction of sp³-hybridized carbons (Fsp3) is 0.667. The molecule has 1 aromatic heterocycles. The Hall–Kier alpha value is -0.940. The minimum Gasteiger partial charge on any atom is -0.393 e. The molecular weight excluding hydrogens is 232 g/mol. The van der Waals surface area contributed by atoms with Crippen LogP contribution in [0.5, 0.6) is 0 Å². The Labute approximate surface area is 108 Å². The zero-order chi connectivity index (χ0) is 12.5. The normalized spacial score (nSPS) is 20.4. The minimum atomic E-state index is 0.0515. The summed E-state index contributed by atoms with van der Waals surface area (Å²) >= 11 is 5.14. The highest BCUT2D eigenvalue weighted by Gasteiger charge is 2.32. The van der Waals surface area contributed by atoms with E-state index in [0.29, 0.717) is 4.99 Å². The van der Waals surface area contributed by atoms with Crippen LogP contribution in [0.3, 0.4) is 0 Å². The SMILES string of the molecule is Cn1ccc(CN2CCC(C)(C(N)=S)CC2)n1. The highest BCUT2D eigenvalue weighted by Crippen LogP contribution is 2.31. The molecule has 2 rings (SSSR count). The summed E-state index contributed by atoms with van der Waals surface area (Å²) in [6.07, 6.45) is 4.09. The zero-order valence-electron chi connectivity index (χ0n) is 10.5. The Kier molecular flexibility index (Phi) is 3.49. The molecule has 94 valence electrons. The van der Waals surface area contributed by atoms with Crippen molar-refractivity contribution in [3.05, 3.63) is 18.0 Å². The average Bonchev–Trinajstić information content (AvgIpc) is 2.67. The van der Waals surface area contributed by atoms with Gasteiger partial charge >= 0.3 is 0 Å². The first-order chi connectivity index (χ1) is 7.99. The van der Waals surface area contributed by atoms with Crippen LogP contribution in [-0.2, 0) is 13.6 Å². The van der Waals surface area contributed by atoms with Crippen molar-refractivity contribution < 1.29 is 0 Å². The van der Waals surface area contributed by atoms with Crippen LogP contribution in [0.1, 0.15) is 25.5 Å². The van der Waals surface area contributed by atoms with Gasteiger partial charge in [-0.1, -0.05) is 19.1 Å². The molecular formula is C12H20N4S. The lowest BCUT2D eigenvalue weighted by molar-refractivity contribution is 0.156. The molecule has 0 aliphatic carbocycles. The molecule has 0 radical (unpaired) electrons. The van der Waals surface area contributed by atoms with Crippen molar-refractivity contribution in [2.24, 2.45) is 18.2 Å². The fourth-order valence-corrected chi connectivity index (χ4v) is 2.43. The maximum Gasteiger partial charge on any atom is 0.0788 e. The number of piperidine rings is 1. The van der Waals surface area contributed by atoms with Crippen LogP contribution in [0.2, 0.25) is 0 Å². The third-order valence-electron chi connectivity index (χ3n) is 3.71. The van der Waals surface area contributed by atoms with Gasteiger partial charge in [0.15, 0.2) is 0 Å². The lowest BCUT2D eigenvalue weighted by atomic mass is 9.80. The molecule has 1 fully saturated rings. The van der Waals surface area contributed by atoms with E-state index in [-0.39, 0.29) is 5.41 Å². The highest BCUT2D eigenvalue weighted by molar-refractivity contribution is 7.80. The van der Waals surface area contributed by atoms with Crippen molar-refractivity contribution in [3.63, 3.8) is 0 Å². The van der Waals surface area contributed by atoms with Gasteiger partial charge in [-0.2, -0.15) is 5.10 Å². The highest BCUT2D eigenvalue weighted by atomic mass is 32.1. The third kappa shape index (κ3) is 2.84. The van der Waals surface area contributed by atoms with E-state index in [9.17, 15) is 0 Å². The van der Waals surface area contributed by atoms with E-state index in [0.717, 1.165) is 38.2 Å². The molecule has 0 amide bonds. The molecule has 1 saturated heterocycles. The molecule has 0 aromatic carbocycles. The lowest BCUT2D eigenvalue weighted by Crippen LogP contribution is -2.44. The number of likely N-dealkylation sites (tertiary alicyclic amines) is 1. The molecule has 2 heterocycles. The molecule has 0 unspecified atom stereocenters. The predicted octanol–water partition coefficient (Wildman–Crippen LogP) is 1.31.